The first-order valence-electron chi connectivity index (χ1n) is 7.57. The van der Waals surface area contributed by atoms with Crippen molar-refractivity contribution in [3.05, 3.63) is 58.9 Å². The summed E-state index contributed by atoms with van der Waals surface area (Å²) in [7, 11) is 0. The summed E-state index contributed by atoms with van der Waals surface area (Å²) in [5.41, 5.74) is 6.03. The Morgan fingerprint density at radius 1 is 1.27 bits per heavy atom. The highest BCUT2D eigenvalue weighted by Crippen LogP contribution is 2.14. The lowest BCUT2D eigenvalue weighted by Crippen LogP contribution is -2.29. The van der Waals surface area contributed by atoms with Crippen molar-refractivity contribution in [2.75, 3.05) is 11.1 Å². The lowest BCUT2D eigenvalue weighted by atomic mass is 10.3. The summed E-state index contributed by atoms with van der Waals surface area (Å²) in [6.07, 6.45) is 2.52. The number of aromatic nitrogens is 5. The van der Waals surface area contributed by atoms with Gasteiger partial charge in [0.1, 0.15) is 29.6 Å². The van der Waals surface area contributed by atoms with Gasteiger partial charge in [-0.1, -0.05) is 0 Å². The van der Waals surface area contributed by atoms with Crippen LogP contribution < -0.4 is 16.6 Å². The number of nitrogen functional groups attached to an aromatic ring is 1. The second-order valence-electron chi connectivity index (χ2n) is 5.51. The van der Waals surface area contributed by atoms with Crippen molar-refractivity contribution in [3.8, 4) is 0 Å². The Morgan fingerprint density at radius 3 is 2.88 bits per heavy atom. The van der Waals surface area contributed by atoms with Crippen LogP contribution >= 0.6 is 0 Å². The SMILES string of the molecule is Nc1cc2n(CC(=O)Nc3ccc(F)cn3)c(=O)c3cccnc3n2n1. The van der Waals surface area contributed by atoms with Crippen LogP contribution in [0.5, 0.6) is 0 Å². The van der Waals surface area contributed by atoms with Gasteiger partial charge in [-0.05, 0) is 24.3 Å². The monoisotopic (exact) mass is 353 g/mol. The van der Waals surface area contributed by atoms with Crippen molar-refractivity contribution in [2.45, 2.75) is 6.54 Å². The minimum atomic E-state index is -0.516. The number of halogens is 1. The molecule has 0 aliphatic carbocycles. The number of nitrogens with zero attached hydrogens (tertiary/aromatic N) is 5. The Morgan fingerprint density at radius 2 is 2.12 bits per heavy atom. The third-order valence-electron chi connectivity index (χ3n) is 3.75. The molecule has 4 aromatic heterocycles. The summed E-state index contributed by atoms with van der Waals surface area (Å²) in [5.74, 6) is -0.651. The molecule has 4 rings (SSSR count). The maximum atomic E-state index is 12.9. The average molecular weight is 353 g/mol. The molecule has 0 aliphatic rings. The highest BCUT2D eigenvalue weighted by molar-refractivity contribution is 5.90. The number of amides is 1. The largest absolute Gasteiger partial charge is 0.382 e. The molecule has 3 N–H and O–H groups in total. The quantitative estimate of drug-likeness (QED) is 0.562. The summed E-state index contributed by atoms with van der Waals surface area (Å²) in [4.78, 5) is 33.0. The second kappa shape index (κ2) is 5.92. The van der Waals surface area contributed by atoms with Crippen LogP contribution in [0.3, 0.4) is 0 Å². The number of fused-ring (bicyclic) bond motifs is 3. The van der Waals surface area contributed by atoms with Crippen molar-refractivity contribution in [1.29, 1.82) is 0 Å². The summed E-state index contributed by atoms with van der Waals surface area (Å²) in [6.45, 7) is -0.294. The molecule has 26 heavy (non-hydrogen) atoms. The van der Waals surface area contributed by atoms with Crippen LogP contribution in [-0.2, 0) is 11.3 Å². The summed E-state index contributed by atoms with van der Waals surface area (Å²) in [6, 6.07) is 7.20. The maximum Gasteiger partial charge on any atom is 0.263 e. The van der Waals surface area contributed by atoms with Gasteiger partial charge in [-0.2, -0.15) is 4.52 Å². The fourth-order valence-electron chi connectivity index (χ4n) is 2.65. The van der Waals surface area contributed by atoms with Gasteiger partial charge in [0.25, 0.3) is 5.56 Å². The molecule has 4 heterocycles. The van der Waals surface area contributed by atoms with Gasteiger partial charge in [-0.15, -0.1) is 5.10 Å². The number of carbonyl (C=O) groups excluding carboxylic acids is 1. The Kier molecular flexibility index (Phi) is 3.57. The molecule has 0 aromatic carbocycles. The third-order valence-corrected chi connectivity index (χ3v) is 3.75. The number of anilines is 2. The summed E-state index contributed by atoms with van der Waals surface area (Å²) < 4.78 is 15.6. The van der Waals surface area contributed by atoms with Gasteiger partial charge < -0.3 is 11.1 Å². The lowest BCUT2D eigenvalue weighted by Gasteiger charge is -2.10. The predicted molar refractivity (Wildman–Crippen MR) is 92.0 cm³/mol. The fraction of sp³-hybridized carbons (Fsp3) is 0.0625. The molecule has 0 bridgehead atoms. The number of nitrogens with two attached hydrogens (primary N) is 1. The van der Waals surface area contributed by atoms with Crippen LogP contribution in [0.1, 0.15) is 0 Å². The van der Waals surface area contributed by atoms with Crippen molar-refractivity contribution in [3.63, 3.8) is 0 Å². The fourth-order valence-corrected chi connectivity index (χ4v) is 2.65. The van der Waals surface area contributed by atoms with E-state index in [2.05, 4.69) is 20.4 Å². The van der Waals surface area contributed by atoms with Gasteiger partial charge in [0.05, 0.1) is 11.6 Å². The van der Waals surface area contributed by atoms with E-state index in [0.29, 0.717) is 16.7 Å². The van der Waals surface area contributed by atoms with Crippen LogP contribution in [0.15, 0.2) is 47.5 Å². The average Bonchev–Trinajstić information content (AvgIpc) is 3.02. The highest BCUT2D eigenvalue weighted by Gasteiger charge is 2.16. The Balaban J connectivity index is 1.77. The third kappa shape index (κ3) is 2.62. The number of hydrogen-bond donors (Lipinski definition) is 2. The summed E-state index contributed by atoms with van der Waals surface area (Å²) in [5, 5.41) is 6.94. The second-order valence-corrected chi connectivity index (χ2v) is 5.51. The Labute approximate surface area is 144 Å². The van der Waals surface area contributed by atoms with E-state index in [1.165, 1.54) is 33.5 Å². The molecule has 130 valence electrons. The van der Waals surface area contributed by atoms with Gasteiger partial charge >= 0.3 is 0 Å². The van der Waals surface area contributed by atoms with E-state index >= 15 is 0 Å². The molecule has 10 heteroatoms. The normalized spacial score (nSPS) is 11.1. The van der Waals surface area contributed by atoms with Crippen molar-refractivity contribution in [2.24, 2.45) is 0 Å². The number of rotatable bonds is 3. The van der Waals surface area contributed by atoms with Crippen LogP contribution in [0.25, 0.3) is 16.7 Å². The van der Waals surface area contributed by atoms with Crippen LogP contribution in [0, 0.1) is 5.82 Å². The molecule has 0 saturated heterocycles. The zero-order chi connectivity index (χ0) is 18.3. The molecule has 0 unspecified atom stereocenters. The first-order chi connectivity index (χ1) is 12.5. The van der Waals surface area contributed by atoms with Crippen LogP contribution in [0.4, 0.5) is 16.0 Å². The predicted octanol–water partition coefficient (Wildman–Crippen LogP) is 0.799. The number of pyridine rings is 2. The zero-order valence-corrected chi connectivity index (χ0v) is 13.3. The van der Waals surface area contributed by atoms with Crippen molar-refractivity contribution in [1.82, 2.24) is 24.1 Å². The maximum absolute atomic E-state index is 12.9. The Bertz CT molecular complexity index is 1200. The minimum Gasteiger partial charge on any atom is -0.382 e. The van der Waals surface area contributed by atoms with E-state index in [1.807, 2.05) is 0 Å². The van der Waals surface area contributed by atoms with E-state index in [1.54, 1.807) is 12.1 Å². The molecule has 0 atom stereocenters. The molecular formula is C16H12FN7O2. The molecule has 1 amide bonds. The van der Waals surface area contributed by atoms with E-state index in [9.17, 15) is 14.0 Å². The van der Waals surface area contributed by atoms with E-state index in [4.69, 9.17) is 5.73 Å². The smallest absolute Gasteiger partial charge is 0.263 e. The number of carbonyl (C=O) groups is 1. The van der Waals surface area contributed by atoms with Gasteiger partial charge in [0.15, 0.2) is 5.65 Å². The van der Waals surface area contributed by atoms with Crippen molar-refractivity contribution >= 4 is 34.2 Å². The highest BCUT2D eigenvalue weighted by atomic mass is 19.1. The van der Waals surface area contributed by atoms with Crippen molar-refractivity contribution < 1.29 is 9.18 Å². The van der Waals surface area contributed by atoms with Crippen LogP contribution in [0.2, 0.25) is 0 Å². The van der Waals surface area contributed by atoms with Crippen LogP contribution in [-0.4, -0.2) is 30.1 Å². The zero-order valence-electron chi connectivity index (χ0n) is 13.3. The van der Waals surface area contributed by atoms with Gasteiger partial charge in [-0.25, -0.2) is 14.4 Å². The molecule has 4 aromatic rings. The molecular weight excluding hydrogens is 341 g/mol. The standard InChI is InChI=1S/C16H12FN7O2/c17-9-3-4-12(20-7-9)21-13(25)8-23-14-6-11(18)22-24(14)15-10(16(23)26)2-1-5-19-15/h1-7H,8H2,(H2,18,22)(H,20,21,25). The number of hydrogen-bond acceptors (Lipinski definition) is 6. The molecule has 0 spiro atoms. The van der Waals surface area contributed by atoms with Gasteiger partial charge in [0.2, 0.25) is 5.91 Å². The van der Waals surface area contributed by atoms with E-state index < -0.39 is 17.3 Å². The molecule has 0 saturated carbocycles. The molecule has 0 radical (unpaired) electrons. The Hall–Kier alpha value is -3.82. The van der Waals surface area contributed by atoms with Gasteiger partial charge in [0, 0.05) is 12.3 Å². The first kappa shape index (κ1) is 15.7. The minimum absolute atomic E-state index is 0.177. The first-order valence-corrected chi connectivity index (χ1v) is 7.57. The molecule has 9 nitrogen and oxygen atoms in total. The van der Waals surface area contributed by atoms with E-state index in [0.717, 1.165) is 6.20 Å². The molecule has 0 aliphatic heterocycles. The summed E-state index contributed by atoms with van der Waals surface area (Å²) >= 11 is 0. The van der Waals surface area contributed by atoms with E-state index in [-0.39, 0.29) is 18.2 Å². The molecule has 0 fully saturated rings. The van der Waals surface area contributed by atoms with Gasteiger partial charge in [-0.3, -0.25) is 14.2 Å². The lowest BCUT2D eigenvalue weighted by molar-refractivity contribution is -0.116. The number of nitrogens with one attached hydrogen (secondary N) is 1. The topological polar surface area (TPSA) is 120 Å².